The molecule has 17 heavy (non-hydrogen) atoms. The maximum absolute atomic E-state index is 9.46. The van der Waals surface area contributed by atoms with Crippen molar-refractivity contribution in [1.29, 1.82) is 0 Å². The Balaban J connectivity index is 2.23. The number of benzene rings is 1. The van der Waals surface area contributed by atoms with Gasteiger partial charge in [0.15, 0.2) is 0 Å². The maximum atomic E-state index is 9.46. The summed E-state index contributed by atoms with van der Waals surface area (Å²) < 4.78 is 6.46. The second-order valence-electron chi connectivity index (χ2n) is 3.66. The topological polar surface area (TPSA) is 42.4 Å². The van der Waals surface area contributed by atoms with Crippen LogP contribution in [0.5, 0.6) is 11.5 Å². The Hall–Kier alpha value is -1.39. The maximum Gasteiger partial charge on any atom is 0.145 e. The van der Waals surface area contributed by atoms with E-state index in [0.29, 0.717) is 11.5 Å². The summed E-state index contributed by atoms with van der Waals surface area (Å²) in [6, 6.07) is 9.14. The standard InChI is InChI=1S/C13H12BrNO2/c1-9(16)10-4-5-13(12(14)7-10)17-11-3-2-6-15-8-11/h2-9,16H,1H3/t9-/m1/s1. The smallest absolute Gasteiger partial charge is 0.145 e. The van der Waals surface area contributed by atoms with Crippen LogP contribution in [-0.2, 0) is 0 Å². The average Bonchev–Trinajstić information content (AvgIpc) is 2.33. The van der Waals surface area contributed by atoms with Crippen molar-refractivity contribution in [3.05, 3.63) is 52.8 Å². The van der Waals surface area contributed by atoms with Gasteiger partial charge in [0, 0.05) is 6.20 Å². The van der Waals surface area contributed by atoms with Gasteiger partial charge in [-0.3, -0.25) is 4.98 Å². The predicted molar refractivity (Wildman–Crippen MR) is 69.1 cm³/mol. The third-order valence-electron chi connectivity index (χ3n) is 2.30. The van der Waals surface area contributed by atoms with Crippen LogP contribution in [0.25, 0.3) is 0 Å². The Kier molecular flexibility index (Phi) is 3.76. The second kappa shape index (κ2) is 5.29. The van der Waals surface area contributed by atoms with Crippen LogP contribution < -0.4 is 4.74 Å². The van der Waals surface area contributed by atoms with Crippen molar-refractivity contribution in [3.8, 4) is 11.5 Å². The number of aliphatic hydroxyl groups excluding tert-OH is 1. The number of halogens is 1. The normalized spacial score (nSPS) is 12.2. The van der Waals surface area contributed by atoms with E-state index in [0.717, 1.165) is 10.0 Å². The van der Waals surface area contributed by atoms with Crippen LogP contribution in [0.1, 0.15) is 18.6 Å². The second-order valence-corrected chi connectivity index (χ2v) is 4.51. The van der Waals surface area contributed by atoms with E-state index in [1.165, 1.54) is 0 Å². The van der Waals surface area contributed by atoms with E-state index >= 15 is 0 Å². The third kappa shape index (κ3) is 3.05. The van der Waals surface area contributed by atoms with Gasteiger partial charge in [0.2, 0.25) is 0 Å². The summed E-state index contributed by atoms with van der Waals surface area (Å²) in [5.41, 5.74) is 0.843. The SMILES string of the molecule is C[C@@H](O)c1ccc(Oc2cccnc2)c(Br)c1. The zero-order valence-corrected chi connectivity index (χ0v) is 10.9. The van der Waals surface area contributed by atoms with Gasteiger partial charge in [0.05, 0.1) is 16.8 Å². The van der Waals surface area contributed by atoms with Crippen LogP contribution in [0.3, 0.4) is 0 Å². The van der Waals surface area contributed by atoms with E-state index in [4.69, 9.17) is 4.74 Å². The molecule has 0 unspecified atom stereocenters. The third-order valence-corrected chi connectivity index (χ3v) is 2.92. The minimum atomic E-state index is -0.487. The summed E-state index contributed by atoms with van der Waals surface area (Å²) in [7, 11) is 0. The summed E-state index contributed by atoms with van der Waals surface area (Å²) in [6.45, 7) is 1.73. The Morgan fingerprint density at radius 2 is 2.18 bits per heavy atom. The van der Waals surface area contributed by atoms with Crippen molar-refractivity contribution in [2.24, 2.45) is 0 Å². The molecule has 1 atom stereocenters. The van der Waals surface area contributed by atoms with Crippen molar-refractivity contribution in [1.82, 2.24) is 4.98 Å². The first-order chi connectivity index (χ1) is 8.16. The zero-order valence-electron chi connectivity index (χ0n) is 9.30. The van der Waals surface area contributed by atoms with Gasteiger partial charge in [-0.15, -0.1) is 0 Å². The molecule has 0 aliphatic heterocycles. The fourth-order valence-corrected chi connectivity index (χ4v) is 1.87. The number of pyridine rings is 1. The molecule has 1 aromatic carbocycles. The van der Waals surface area contributed by atoms with Crippen molar-refractivity contribution < 1.29 is 9.84 Å². The summed E-state index contributed by atoms with van der Waals surface area (Å²) in [5.74, 6) is 1.38. The van der Waals surface area contributed by atoms with E-state index < -0.39 is 6.10 Å². The highest BCUT2D eigenvalue weighted by atomic mass is 79.9. The van der Waals surface area contributed by atoms with E-state index in [1.54, 1.807) is 19.3 Å². The van der Waals surface area contributed by atoms with E-state index in [9.17, 15) is 5.11 Å². The summed E-state index contributed by atoms with van der Waals surface area (Å²) >= 11 is 3.42. The minimum absolute atomic E-state index is 0.487. The number of aromatic nitrogens is 1. The Morgan fingerprint density at radius 3 is 2.76 bits per heavy atom. The summed E-state index contributed by atoms with van der Waals surface area (Å²) in [5, 5.41) is 9.46. The molecule has 1 heterocycles. The number of nitrogens with zero attached hydrogens (tertiary/aromatic N) is 1. The first-order valence-corrected chi connectivity index (χ1v) is 6.01. The molecule has 2 aromatic rings. The van der Waals surface area contributed by atoms with Crippen LogP contribution in [-0.4, -0.2) is 10.1 Å². The summed E-state index contributed by atoms with van der Waals surface area (Å²) in [4.78, 5) is 3.98. The lowest BCUT2D eigenvalue weighted by Crippen LogP contribution is -1.92. The number of hydrogen-bond acceptors (Lipinski definition) is 3. The lowest BCUT2D eigenvalue weighted by atomic mass is 10.1. The average molecular weight is 294 g/mol. The first kappa shape index (κ1) is 12.1. The number of ether oxygens (including phenoxy) is 1. The predicted octanol–water partition coefficient (Wildman–Crippen LogP) is 3.69. The van der Waals surface area contributed by atoms with Gasteiger partial charge in [-0.2, -0.15) is 0 Å². The van der Waals surface area contributed by atoms with Crippen molar-refractivity contribution in [2.75, 3.05) is 0 Å². The zero-order chi connectivity index (χ0) is 12.3. The monoisotopic (exact) mass is 293 g/mol. The number of aliphatic hydroxyl groups is 1. The van der Waals surface area contributed by atoms with Crippen molar-refractivity contribution >= 4 is 15.9 Å². The molecular weight excluding hydrogens is 282 g/mol. The van der Waals surface area contributed by atoms with Crippen molar-refractivity contribution in [3.63, 3.8) is 0 Å². The molecule has 1 aromatic heterocycles. The van der Waals surface area contributed by atoms with Crippen LogP contribution >= 0.6 is 15.9 Å². The Bertz CT molecular complexity index is 500. The first-order valence-electron chi connectivity index (χ1n) is 5.22. The molecule has 0 amide bonds. The van der Waals surface area contributed by atoms with E-state index in [2.05, 4.69) is 20.9 Å². The largest absolute Gasteiger partial charge is 0.455 e. The fraction of sp³-hybridized carbons (Fsp3) is 0.154. The van der Waals surface area contributed by atoms with Gasteiger partial charge in [0.1, 0.15) is 11.5 Å². The van der Waals surface area contributed by atoms with E-state index in [1.807, 2.05) is 30.3 Å². The molecular formula is C13H12BrNO2. The van der Waals surface area contributed by atoms with Gasteiger partial charge < -0.3 is 9.84 Å². The van der Waals surface area contributed by atoms with Gasteiger partial charge in [-0.1, -0.05) is 6.07 Å². The van der Waals surface area contributed by atoms with Gasteiger partial charge in [-0.05, 0) is 52.7 Å². The lowest BCUT2D eigenvalue weighted by molar-refractivity contribution is 0.199. The molecule has 0 saturated heterocycles. The molecule has 0 fully saturated rings. The van der Waals surface area contributed by atoms with E-state index in [-0.39, 0.29) is 0 Å². The molecule has 0 spiro atoms. The molecule has 4 heteroatoms. The van der Waals surface area contributed by atoms with Crippen LogP contribution in [0, 0.1) is 0 Å². The van der Waals surface area contributed by atoms with Crippen LogP contribution in [0.15, 0.2) is 47.2 Å². The van der Waals surface area contributed by atoms with Gasteiger partial charge >= 0.3 is 0 Å². The molecule has 0 aliphatic rings. The highest BCUT2D eigenvalue weighted by Gasteiger charge is 2.07. The molecule has 0 aliphatic carbocycles. The summed E-state index contributed by atoms with van der Waals surface area (Å²) in [6.07, 6.45) is 2.85. The fourth-order valence-electron chi connectivity index (χ4n) is 1.39. The lowest BCUT2D eigenvalue weighted by Gasteiger charge is -2.10. The van der Waals surface area contributed by atoms with Crippen molar-refractivity contribution in [2.45, 2.75) is 13.0 Å². The number of hydrogen-bond donors (Lipinski definition) is 1. The molecule has 0 bridgehead atoms. The number of rotatable bonds is 3. The highest BCUT2D eigenvalue weighted by molar-refractivity contribution is 9.10. The molecule has 0 saturated carbocycles. The molecule has 0 radical (unpaired) electrons. The minimum Gasteiger partial charge on any atom is -0.455 e. The van der Waals surface area contributed by atoms with Crippen LogP contribution in [0.4, 0.5) is 0 Å². The molecule has 3 nitrogen and oxygen atoms in total. The quantitative estimate of drug-likeness (QED) is 0.938. The Labute approximate surface area is 108 Å². The van der Waals surface area contributed by atoms with Crippen LogP contribution in [0.2, 0.25) is 0 Å². The van der Waals surface area contributed by atoms with Gasteiger partial charge in [-0.25, -0.2) is 0 Å². The molecule has 88 valence electrons. The molecule has 2 rings (SSSR count). The molecule has 1 N–H and O–H groups in total. The van der Waals surface area contributed by atoms with Gasteiger partial charge in [0.25, 0.3) is 0 Å². The Morgan fingerprint density at radius 1 is 1.35 bits per heavy atom. The highest BCUT2D eigenvalue weighted by Crippen LogP contribution is 2.31.